The van der Waals surface area contributed by atoms with Gasteiger partial charge < -0.3 is 16.4 Å². The van der Waals surface area contributed by atoms with Crippen LogP contribution in [0.2, 0.25) is 0 Å². The Kier molecular flexibility index (Phi) is 7.16. The summed E-state index contributed by atoms with van der Waals surface area (Å²) in [5, 5.41) is 5.53. The molecule has 0 aliphatic rings. The van der Waals surface area contributed by atoms with E-state index in [-0.39, 0.29) is 36.7 Å². The molecular weight excluding hydrogens is 314 g/mol. The Labute approximate surface area is 148 Å². The molecular formula is C20H25N3O2. The number of rotatable bonds is 8. The molecule has 5 nitrogen and oxygen atoms in total. The van der Waals surface area contributed by atoms with Gasteiger partial charge in [0.05, 0.1) is 12.5 Å². The zero-order chi connectivity index (χ0) is 18.1. The van der Waals surface area contributed by atoms with Crippen molar-refractivity contribution < 1.29 is 9.59 Å². The molecule has 2 amide bonds. The monoisotopic (exact) mass is 339 g/mol. The second-order valence-electron chi connectivity index (χ2n) is 6.06. The molecule has 2 atom stereocenters. The van der Waals surface area contributed by atoms with Crippen LogP contribution in [0.5, 0.6) is 0 Å². The minimum atomic E-state index is -0.363. The van der Waals surface area contributed by atoms with Crippen LogP contribution in [-0.4, -0.2) is 24.9 Å². The van der Waals surface area contributed by atoms with Gasteiger partial charge in [-0.25, -0.2) is 0 Å². The molecule has 0 saturated heterocycles. The Morgan fingerprint density at radius 3 is 2.12 bits per heavy atom. The number of benzene rings is 2. The Morgan fingerprint density at radius 2 is 1.52 bits per heavy atom. The van der Waals surface area contributed by atoms with Crippen LogP contribution in [0.25, 0.3) is 0 Å². The zero-order valence-electron chi connectivity index (χ0n) is 14.4. The zero-order valence-corrected chi connectivity index (χ0v) is 14.4. The molecule has 0 spiro atoms. The van der Waals surface area contributed by atoms with Crippen molar-refractivity contribution >= 4 is 11.8 Å². The van der Waals surface area contributed by atoms with Crippen molar-refractivity contribution in [2.45, 2.75) is 31.3 Å². The molecule has 1 unspecified atom stereocenters. The highest BCUT2D eigenvalue weighted by molar-refractivity contribution is 5.80. The minimum Gasteiger partial charge on any atom is -0.359 e. The van der Waals surface area contributed by atoms with Crippen molar-refractivity contribution in [3.8, 4) is 0 Å². The third-order valence-corrected chi connectivity index (χ3v) is 3.99. The van der Waals surface area contributed by atoms with E-state index >= 15 is 0 Å². The number of hydrogen-bond acceptors (Lipinski definition) is 3. The normalized spacial score (nSPS) is 12.9. The first-order chi connectivity index (χ1) is 12.1. The van der Waals surface area contributed by atoms with Crippen LogP contribution in [0.4, 0.5) is 0 Å². The van der Waals surface area contributed by atoms with Crippen molar-refractivity contribution in [2.24, 2.45) is 5.73 Å². The minimum absolute atomic E-state index is 0.122. The fourth-order valence-corrected chi connectivity index (χ4v) is 2.71. The quantitative estimate of drug-likeness (QED) is 0.687. The van der Waals surface area contributed by atoms with E-state index in [2.05, 4.69) is 10.6 Å². The molecule has 25 heavy (non-hydrogen) atoms. The van der Waals surface area contributed by atoms with Gasteiger partial charge in [-0.15, -0.1) is 0 Å². The van der Waals surface area contributed by atoms with Crippen LogP contribution in [0.15, 0.2) is 60.7 Å². The maximum absolute atomic E-state index is 12.4. The molecule has 4 N–H and O–H groups in total. The van der Waals surface area contributed by atoms with E-state index in [0.717, 1.165) is 11.1 Å². The SMILES string of the molecule is CNC(=O)CC(NC(=O)C[C@H](N)Cc1ccccc1)c1ccccc1. The Hall–Kier alpha value is -2.66. The molecule has 0 heterocycles. The molecule has 132 valence electrons. The van der Waals surface area contributed by atoms with Gasteiger partial charge in [0.25, 0.3) is 0 Å². The van der Waals surface area contributed by atoms with Gasteiger partial charge >= 0.3 is 0 Å². The fourth-order valence-electron chi connectivity index (χ4n) is 2.71. The lowest BCUT2D eigenvalue weighted by Gasteiger charge is -2.20. The third-order valence-electron chi connectivity index (χ3n) is 3.99. The Balaban J connectivity index is 1.95. The first-order valence-corrected chi connectivity index (χ1v) is 8.43. The number of hydrogen-bond donors (Lipinski definition) is 3. The Morgan fingerprint density at radius 1 is 0.920 bits per heavy atom. The molecule has 2 aromatic rings. The summed E-state index contributed by atoms with van der Waals surface area (Å²) in [6.45, 7) is 0. The van der Waals surface area contributed by atoms with Gasteiger partial charge in [0, 0.05) is 19.5 Å². The first kappa shape index (κ1) is 18.7. The molecule has 0 aliphatic heterocycles. The van der Waals surface area contributed by atoms with Crippen molar-refractivity contribution in [1.82, 2.24) is 10.6 Å². The predicted octanol–water partition coefficient (Wildman–Crippen LogP) is 1.94. The van der Waals surface area contributed by atoms with Crippen LogP contribution < -0.4 is 16.4 Å². The summed E-state index contributed by atoms with van der Waals surface area (Å²) < 4.78 is 0. The number of nitrogens with one attached hydrogen (secondary N) is 2. The summed E-state index contributed by atoms with van der Waals surface area (Å²) in [5.74, 6) is -0.274. The molecule has 0 saturated carbocycles. The van der Waals surface area contributed by atoms with Crippen LogP contribution >= 0.6 is 0 Å². The fraction of sp³-hybridized carbons (Fsp3) is 0.300. The third kappa shape index (κ3) is 6.39. The topological polar surface area (TPSA) is 84.2 Å². The predicted molar refractivity (Wildman–Crippen MR) is 98.7 cm³/mol. The van der Waals surface area contributed by atoms with Crippen LogP contribution in [-0.2, 0) is 16.0 Å². The highest BCUT2D eigenvalue weighted by Gasteiger charge is 2.19. The van der Waals surface area contributed by atoms with E-state index < -0.39 is 0 Å². The molecule has 2 aromatic carbocycles. The number of amides is 2. The summed E-state index contributed by atoms with van der Waals surface area (Å²) in [5.41, 5.74) is 8.11. The number of nitrogens with two attached hydrogens (primary N) is 1. The summed E-state index contributed by atoms with van der Waals surface area (Å²) in [4.78, 5) is 24.1. The summed E-state index contributed by atoms with van der Waals surface area (Å²) in [6.07, 6.45) is 1.05. The van der Waals surface area contributed by atoms with E-state index in [1.54, 1.807) is 7.05 Å². The van der Waals surface area contributed by atoms with Gasteiger partial charge in [-0.05, 0) is 17.5 Å². The van der Waals surface area contributed by atoms with E-state index in [1.807, 2.05) is 60.7 Å². The van der Waals surface area contributed by atoms with E-state index in [1.165, 1.54) is 0 Å². The van der Waals surface area contributed by atoms with Crippen molar-refractivity contribution in [1.29, 1.82) is 0 Å². The van der Waals surface area contributed by atoms with Gasteiger partial charge in [-0.3, -0.25) is 9.59 Å². The summed E-state index contributed by atoms with van der Waals surface area (Å²) in [6, 6.07) is 18.7. The molecule has 0 radical (unpaired) electrons. The average molecular weight is 339 g/mol. The summed E-state index contributed by atoms with van der Waals surface area (Å²) in [7, 11) is 1.59. The first-order valence-electron chi connectivity index (χ1n) is 8.43. The lowest BCUT2D eigenvalue weighted by Crippen LogP contribution is -2.37. The van der Waals surface area contributed by atoms with Gasteiger partial charge in [0.15, 0.2) is 0 Å². The van der Waals surface area contributed by atoms with E-state index in [4.69, 9.17) is 5.73 Å². The van der Waals surface area contributed by atoms with Crippen LogP contribution in [0, 0.1) is 0 Å². The van der Waals surface area contributed by atoms with Crippen LogP contribution in [0.3, 0.4) is 0 Å². The van der Waals surface area contributed by atoms with Crippen molar-refractivity contribution in [3.05, 3.63) is 71.8 Å². The van der Waals surface area contributed by atoms with Crippen molar-refractivity contribution in [2.75, 3.05) is 7.05 Å². The number of carbonyl (C=O) groups excluding carboxylic acids is 2. The molecule has 2 rings (SSSR count). The second-order valence-corrected chi connectivity index (χ2v) is 6.06. The van der Waals surface area contributed by atoms with Gasteiger partial charge in [-0.2, -0.15) is 0 Å². The van der Waals surface area contributed by atoms with Gasteiger partial charge in [-0.1, -0.05) is 60.7 Å². The van der Waals surface area contributed by atoms with Crippen LogP contribution in [0.1, 0.15) is 30.0 Å². The molecule has 0 fully saturated rings. The maximum atomic E-state index is 12.4. The molecule has 0 aromatic heterocycles. The lowest BCUT2D eigenvalue weighted by molar-refractivity contribution is -0.123. The molecule has 5 heteroatoms. The highest BCUT2D eigenvalue weighted by atomic mass is 16.2. The number of carbonyl (C=O) groups is 2. The second kappa shape index (κ2) is 9.59. The molecule has 0 aliphatic carbocycles. The van der Waals surface area contributed by atoms with E-state index in [9.17, 15) is 9.59 Å². The molecule has 0 bridgehead atoms. The highest BCUT2D eigenvalue weighted by Crippen LogP contribution is 2.17. The van der Waals surface area contributed by atoms with Crippen molar-refractivity contribution in [3.63, 3.8) is 0 Å². The smallest absolute Gasteiger partial charge is 0.222 e. The van der Waals surface area contributed by atoms with Gasteiger partial charge in [0.2, 0.25) is 11.8 Å². The van der Waals surface area contributed by atoms with Gasteiger partial charge in [0.1, 0.15) is 0 Å². The lowest BCUT2D eigenvalue weighted by atomic mass is 10.0. The Bertz CT molecular complexity index is 674. The maximum Gasteiger partial charge on any atom is 0.222 e. The standard InChI is InChI=1S/C20H25N3O2/c1-22-19(24)14-18(16-10-6-3-7-11-16)23-20(25)13-17(21)12-15-8-4-2-5-9-15/h2-11,17-18H,12-14,21H2,1H3,(H,22,24)(H,23,25)/t17-,18?/m1/s1. The average Bonchev–Trinajstić information content (AvgIpc) is 2.62. The van der Waals surface area contributed by atoms with E-state index in [0.29, 0.717) is 6.42 Å². The largest absolute Gasteiger partial charge is 0.359 e. The summed E-state index contributed by atoms with van der Waals surface area (Å²) >= 11 is 0.